The normalized spacial score (nSPS) is 17.6. The number of hydrogen-bond donors (Lipinski definition) is 1. The van der Waals surface area contributed by atoms with Gasteiger partial charge in [0.25, 0.3) is 0 Å². The van der Waals surface area contributed by atoms with E-state index in [1.54, 1.807) is 0 Å². The molecule has 0 amide bonds. The van der Waals surface area contributed by atoms with Crippen LogP contribution in [0.15, 0.2) is 59.8 Å². The first-order valence-electron chi connectivity index (χ1n) is 7.92. The smallest absolute Gasteiger partial charge is 0.201 e. The maximum absolute atomic E-state index is 12.7. The van der Waals surface area contributed by atoms with E-state index in [1.165, 1.54) is 0 Å². The zero-order valence-electron chi connectivity index (χ0n) is 13.2. The number of nitriles is 1. The Bertz CT molecular complexity index is 968. The van der Waals surface area contributed by atoms with E-state index >= 15 is 0 Å². The highest BCUT2D eigenvalue weighted by molar-refractivity contribution is 6.05. The van der Waals surface area contributed by atoms with E-state index in [0.717, 1.165) is 16.6 Å². The van der Waals surface area contributed by atoms with Crippen molar-refractivity contribution in [3.63, 3.8) is 0 Å². The van der Waals surface area contributed by atoms with Crippen LogP contribution >= 0.6 is 0 Å². The predicted molar refractivity (Wildman–Crippen MR) is 91.9 cm³/mol. The molecule has 25 heavy (non-hydrogen) atoms. The number of carbonyl (C=O) groups excluding carboxylic acids is 1. The van der Waals surface area contributed by atoms with Gasteiger partial charge < -0.3 is 9.82 Å². The van der Waals surface area contributed by atoms with Crippen molar-refractivity contribution in [1.82, 2.24) is 9.97 Å². The van der Waals surface area contributed by atoms with Crippen molar-refractivity contribution in [2.75, 3.05) is 0 Å². The van der Waals surface area contributed by atoms with Crippen LogP contribution in [0.3, 0.4) is 0 Å². The third-order valence-corrected chi connectivity index (χ3v) is 4.19. The van der Waals surface area contributed by atoms with Gasteiger partial charge in [-0.2, -0.15) is 5.26 Å². The van der Waals surface area contributed by atoms with E-state index < -0.39 is 12.0 Å². The van der Waals surface area contributed by atoms with Crippen molar-refractivity contribution in [3.05, 3.63) is 66.0 Å². The van der Waals surface area contributed by atoms with E-state index in [2.05, 4.69) is 15.1 Å². The van der Waals surface area contributed by atoms with Crippen LogP contribution in [0.4, 0.5) is 0 Å². The van der Waals surface area contributed by atoms with Gasteiger partial charge in [0.15, 0.2) is 12.0 Å². The van der Waals surface area contributed by atoms with Crippen LogP contribution in [0, 0.1) is 11.3 Å². The molecule has 0 spiro atoms. The highest BCUT2D eigenvalue weighted by Crippen LogP contribution is 2.24. The minimum atomic E-state index is -1.01. The van der Waals surface area contributed by atoms with Crippen molar-refractivity contribution in [2.24, 2.45) is 5.16 Å². The number of fused-ring (bicyclic) bond motifs is 1. The van der Waals surface area contributed by atoms with Gasteiger partial charge in [0.2, 0.25) is 5.78 Å². The predicted octanol–water partition coefficient (Wildman–Crippen LogP) is 2.93. The number of imidazole rings is 1. The second-order valence-corrected chi connectivity index (χ2v) is 5.81. The largest absolute Gasteiger partial charge is 0.384 e. The van der Waals surface area contributed by atoms with Crippen molar-refractivity contribution in [3.8, 4) is 6.07 Å². The molecular weight excluding hydrogens is 316 g/mol. The molecule has 6 heteroatoms. The number of nitrogens with one attached hydrogen (secondary N) is 1. The molecule has 0 saturated carbocycles. The Morgan fingerprint density at radius 2 is 1.96 bits per heavy atom. The molecular formula is C19H14N4O2. The number of carbonyl (C=O) groups is 1. The van der Waals surface area contributed by atoms with E-state index in [9.17, 15) is 10.1 Å². The minimum absolute atomic E-state index is 0.337. The molecule has 122 valence electrons. The van der Waals surface area contributed by atoms with Crippen LogP contribution in [-0.4, -0.2) is 27.6 Å². The second-order valence-electron chi connectivity index (χ2n) is 5.81. The van der Waals surface area contributed by atoms with Gasteiger partial charge in [0.05, 0.1) is 22.8 Å². The summed E-state index contributed by atoms with van der Waals surface area (Å²) < 4.78 is 0. The summed E-state index contributed by atoms with van der Waals surface area (Å²) >= 11 is 0. The highest BCUT2D eigenvalue weighted by atomic mass is 16.6. The number of H-pyrrole nitrogens is 1. The first kappa shape index (κ1) is 15.1. The summed E-state index contributed by atoms with van der Waals surface area (Å²) in [5.41, 5.74) is 3.13. The van der Waals surface area contributed by atoms with Gasteiger partial charge in [0.1, 0.15) is 5.82 Å². The first-order chi connectivity index (χ1) is 12.3. The molecule has 1 aliphatic rings. The topological polar surface area (TPSA) is 91.1 Å². The lowest BCUT2D eigenvalue weighted by molar-refractivity contribution is -0.129. The van der Waals surface area contributed by atoms with E-state index in [-0.39, 0.29) is 5.78 Å². The van der Waals surface area contributed by atoms with E-state index in [4.69, 9.17) is 4.84 Å². The zero-order valence-corrected chi connectivity index (χ0v) is 13.2. The lowest BCUT2D eigenvalue weighted by atomic mass is 9.95. The minimum Gasteiger partial charge on any atom is -0.384 e. The Morgan fingerprint density at radius 3 is 2.72 bits per heavy atom. The van der Waals surface area contributed by atoms with Crippen molar-refractivity contribution < 1.29 is 9.63 Å². The summed E-state index contributed by atoms with van der Waals surface area (Å²) in [6.45, 7) is 0. The number of benzene rings is 2. The van der Waals surface area contributed by atoms with Crippen LogP contribution in [-0.2, 0) is 9.63 Å². The summed E-state index contributed by atoms with van der Waals surface area (Å²) in [5, 5.41) is 13.5. The van der Waals surface area contributed by atoms with Crippen LogP contribution in [0.5, 0.6) is 0 Å². The number of oxime groups is 1. The molecule has 1 aliphatic heterocycles. The zero-order chi connectivity index (χ0) is 17.2. The van der Waals surface area contributed by atoms with Gasteiger partial charge in [0, 0.05) is 6.42 Å². The lowest BCUT2D eigenvalue weighted by Gasteiger charge is -2.10. The number of nitrogens with zero attached hydrogens (tertiary/aromatic N) is 3. The highest BCUT2D eigenvalue weighted by Gasteiger charge is 2.36. The molecule has 2 aromatic carbocycles. The molecule has 0 saturated heterocycles. The maximum atomic E-state index is 12.7. The van der Waals surface area contributed by atoms with Gasteiger partial charge in [-0.05, 0) is 17.7 Å². The Hall–Kier alpha value is -3.46. The SMILES string of the molecule is N#C[C@@H](C(=O)[C@@H]1CC(c2ccccc2)=NO1)c1nc2ccccc2[nH]1. The average molecular weight is 330 g/mol. The third-order valence-electron chi connectivity index (χ3n) is 4.19. The van der Waals surface area contributed by atoms with Gasteiger partial charge in [-0.15, -0.1) is 0 Å². The van der Waals surface area contributed by atoms with Crippen LogP contribution in [0.1, 0.15) is 23.7 Å². The van der Waals surface area contributed by atoms with E-state index in [0.29, 0.717) is 18.0 Å². The summed E-state index contributed by atoms with van der Waals surface area (Å²) in [7, 11) is 0. The summed E-state index contributed by atoms with van der Waals surface area (Å²) in [6.07, 6.45) is -0.422. The van der Waals surface area contributed by atoms with Crippen molar-refractivity contribution in [1.29, 1.82) is 5.26 Å². The Labute approximate surface area is 143 Å². The molecule has 0 unspecified atom stereocenters. The number of ketones is 1. The monoisotopic (exact) mass is 330 g/mol. The first-order valence-corrected chi connectivity index (χ1v) is 7.92. The fraction of sp³-hybridized carbons (Fsp3) is 0.158. The number of hydrogen-bond acceptors (Lipinski definition) is 5. The summed E-state index contributed by atoms with van der Waals surface area (Å²) in [4.78, 5) is 25.5. The molecule has 0 bridgehead atoms. The number of Topliss-reactive ketones (excluding diaryl/α,β-unsaturated/α-hetero) is 1. The fourth-order valence-corrected chi connectivity index (χ4v) is 2.89. The Kier molecular flexibility index (Phi) is 3.75. The molecule has 2 heterocycles. The van der Waals surface area contributed by atoms with Gasteiger partial charge in [-0.1, -0.05) is 47.6 Å². The van der Waals surface area contributed by atoms with Crippen LogP contribution < -0.4 is 0 Å². The van der Waals surface area contributed by atoms with E-state index in [1.807, 2.05) is 60.7 Å². The second kappa shape index (κ2) is 6.21. The molecule has 1 N–H and O–H groups in total. The molecule has 4 rings (SSSR count). The fourth-order valence-electron chi connectivity index (χ4n) is 2.89. The molecule has 0 fully saturated rings. The quantitative estimate of drug-likeness (QED) is 0.796. The molecule has 2 atom stereocenters. The molecule has 3 aromatic rings. The van der Waals surface area contributed by atoms with Crippen LogP contribution in [0.2, 0.25) is 0 Å². The van der Waals surface area contributed by atoms with Crippen LogP contribution in [0.25, 0.3) is 11.0 Å². The summed E-state index contributed by atoms with van der Waals surface area (Å²) in [5.74, 6) is -1.01. The molecule has 0 aliphatic carbocycles. The third kappa shape index (κ3) is 2.76. The van der Waals surface area contributed by atoms with Gasteiger partial charge in [-0.25, -0.2) is 4.98 Å². The number of aromatic amines is 1. The average Bonchev–Trinajstić information content (AvgIpc) is 3.30. The number of para-hydroxylation sites is 2. The number of rotatable bonds is 4. The Balaban J connectivity index is 1.55. The summed E-state index contributed by atoms with van der Waals surface area (Å²) in [6, 6.07) is 19.0. The van der Waals surface area contributed by atoms with Crippen molar-refractivity contribution in [2.45, 2.75) is 18.4 Å². The van der Waals surface area contributed by atoms with Gasteiger partial charge in [-0.3, -0.25) is 4.79 Å². The number of aromatic nitrogens is 2. The maximum Gasteiger partial charge on any atom is 0.201 e. The van der Waals surface area contributed by atoms with Gasteiger partial charge >= 0.3 is 0 Å². The standard InChI is InChI=1S/C19H14N4O2/c20-11-13(19-21-14-8-4-5-9-15(14)22-19)18(24)17-10-16(23-25-17)12-6-2-1-3-7-12/h1-9,13,17H,10H2,(H,21,22)/t13-,17-/m0/s1. The Morgan fingerprint density at radius 1 is 1.20 bits per heavy atom. The van der Waals surface area contributed by atoms with Crippen molar-refractivity contribution >= 4 is 22.5 Å². The molecule has 0 radical (unpaired) electrons. The molecule has 1 aromatic heterocycles. The molecule has 6 nitrogen and oxygen atoms in total. The lowest BCUT2D eigenvalue weighted by Crippen LogP contribution is -2.27.